The molecule has 1 aliphatic heterocycles. The molecule has 0 unspecified atom stereocenters. The van der Waals surface area contributed by atoms with E-state index in [1.54, 1.807) is 0 Å². The van der Waals surface area contributed by atoms with Crippen molar-refractivity contribution in [2.75, 3.05) is 18.5 Å². The lowest BCUT2D eigenvalue weighted by atomic mass is 9.98. The van der Waals surface area contributed by atoms with Crippen LogP contribution in [0.1, 0.15) is 37.9 Å². The molecule has 3 nitrogen and oxygen atoms in total. The maximum absolute atomic E-state index is 4.80. The zero-order valence-corrected chi connectivity index (χ0v) is 10.6. The second-order valence-corrected chi connectivity index (χ2v) is 4.95. The fourth-order valence-electron chi connectivity index (χ4n) is 2.05. The molecule has 2 rings (SSSR count). The third-order valence-electron chi connectivity index (χ3n) is 3.37. The molecule has 16 heavy (non-hydrogen) atoms. The van der Waals surface area contributed by atoms with Crippen LogP contribution in [0.15, 0.2) is 12.1 Å². The van der Waals surface area contributed by atoms with Gasteiger partial charge in [0, 0.05) is 32.1 Å². The van der Waals surface area contributed by atoms with Gasteiger partial charge in [0.1, 0.15) is 5.82 Å². The summed E-state index contributed by atoms with van der Waals surface area (Å²) in [5.74, 6) is 1.60. The Hall–Kier alpha value is -1.09. The monoisotopic (exact) mass is 219 g/mol. The summed E-state index contributed by atoms with van der Waals surface area (Å²) in [4.78, 5) is 7.02. The van der Waals surface area contributed by atoms with Gasteiger partial charge in [-0.1, -0.05) is 13.0 Å². The van der Waals surface area contributed by atoms with Crippen molar-refractivity contribution in [3.8, 4) is 0 Å². The number of nitrogens with zero attached hydrogens (tertiary/aromatic N) is 2. The number of rotatable bonds is 2. The maximum atomic E-state index is 4.80. The van der Waals surface area contributed by atoms with Gasteiger partial charge in [-0.25, -0.2) is 4.98 Å². The third-order valence-corrected chi connectivity index (χ3v) is 3.37. The molecule has 0 bridgehead atoms. The van der Waals surface area contributed by atoms with Crippen LogP contribution in [-0.2, 0) is 6.54 Å². The van der Waals surface area contributed by atoms with Gasteiger partial charge in [-0.15, -0.1) is 0 Å². The van der Waals surface area contributed by atoms with Gasteiger partial charge in [0.2, 0.25) is 0 Å². The molecule has 0 saturated carbocycles. The molecule has 1 N–H and O–H groups in total. The summed E-state index contributed by atoms with van der Waals surface area (Å²) in [5.41, 5.74) is 2.61. The molecule has 0 amide bonds. The number of hydrogen-bond acceptors (Lipinski definition) is 3. The smallest absolute Gasteiger partial charge is 0.128 e. The largest absolute Gasteiger partial charge is 0.357 e. The number of pyridine rings is 1. The first-order chi connectivity index (χ1) is 7.59. The van der Waals surface area contributed by atoms with Crippen molar-refractivity contribution < 1.29 is 0 Å². The van der Waals surface area contributed by atoms with Gasteiger partial charge in [0.05, 0.1) is 5.69 Å². The highest BCUT2D eigenvalue weighted by Gasteiger charge is 2.18. The Labute approximate surface area is 97.9 Å². The molecule has 0 saturated heterocycles. The first-order valence-electron chi connectivity index (χ1n) is 6.03. The van der Waals surface area contributed by atoms with Gasteiger partial charge in [0.25, 0.3) is 0 Å². The quantitative estimate of drug-likeness (QED) is 0.826. The average Bonchev–Trinajstić information content (AvgIpc) is 2.28. The molecule has 2 heterocycles. The third kappa shape index (κ3) is 2.05. The SMILES string of the molecule is CC(C)N(C)c1ccc2c(n1)[C@@H](C)CNC2. The van der Waals surface area contributed by atoms with Gasteiger partial charge < -0.3 is 10.2 Å². The Kier molecular flexibility index (Phi) is 3.15. The van der Waals surface area contributed by atoms with Gasteiger partial charge >= 0.3 is 0 Å². The molecule has 3 heteroatoms. The highest BCUT2D eigenvalue weighted by molar-refractivity contribution is 5.43. The Morgan fingerprint density at radius 2 is 2.19 bits per heavy atom. The second kappa shape index (κ2) is 4.42. The van der Waals surface area contributed by atoms with E-state index in [0.29, 0.717) is 12.0 Å². The van der Waals surface area contributed by atoms with E-state index in [-0.39, 0.29) is 0 Å². The van der Waals surface area contributed by atoms with Crippen LogP contribution in [0.25, 0.3) is 0 Å². The van der Waals surface area contributed by atoms with E-state index in [1.807, 2.05) is 0 Å². The molecule has 1 aromatic rings. The van der Waals surface area contributed by atoms with Crippen LogP contribution in [0.4, 0.5) is 5.82 Å². The predicted octanol–water partition coefficient (Wildman–Crippen LogP) is 2.13. The summed E-state index contributed by atoms with van der Waals surface area (Å²) in [6, 6.07) is 4.82. The van der Waals surface area contributed by atoms with Crippen molar-refractivity contribution in [2.24, 2.45) is 0 Å². The van der Waals surface area contributed by atoms with Gasteiger partial charge in [-0.3, -0.25) is 0 Å². The van der Waals surface area contributed by atoms with Crippen molar-refractivity contribution in [3.05, 3.63) is 23.4 Å². The zero-order valence-electron chi connectivity index (χ0n) is 10.6. The number of anilines is 1. The van der Waals surface area contributed by atoms with Crippen molar-refractivity contribution >= 4 is 5.82 Å². The molecule has 1 aromatic heterocycles. The molecule has 0 fully saturated rings. The molecule has 88 valence electrons. The van der Waals surface area contributed by atoms with Crippen molar-refractivity contribution in [2.45, 2.75) is 39.3 Å². The lowest BCUT2D eigenvalue weighted by molar-refractivity contribution is 0.555. The highest BCUT2D eigenvalue weighted by Crippen LogP contribution is 2.24. The van der Waals surface area contributed by atoms with Gasteiger partial charge in [-0.05, 0) is 25.5 Å². The molecule has 1 atom stereocenters. The first-order valence-corrected chi connectivity index (χ1v) is 6.03. The van der Waals surface area contributed by atoms with Crippen molar-refractivity contribution in [1.82, 2.24) is 10.3 Å². The number of nitrogens with one attached hydrogen (secondary N) is 1. The van der Waals surface area contributed by atoms with Crippen molar-refractivity contribution in [1.29, 1.82) is 0 Å². The van der Waals surface area contributed by atoms with Crippen LogP contribution >= 0.6 is 0 Å². The minimum absolute atomic E-state index is 0.488. The van der Waals surface area contributed by atoms with E-state index >= 15 is 0 Å². The Bertz CT molecular complexity index is 373. The summed E-state index contributed by atoms with van der Waals surface area (Å²) >= 11 is 0. The van der Waals surface area contributed by atoms with Crippen LogP contribution < -0.4 is 10.2 Å². The predicted molar refractivity (Wildman–Crippen MR) is 67.9 cm³/mol. The summed E-state index contributed by atoms with van der Waals surface area (Å²) in [5, 5.41) is 3.41. The Balaban J connectivity index is 2.34. The summed E-state index contributed by atoms with van der Waals surface area (Å²) in [7, 11) is 2.10. The standard InChI is InChI=1S/C13H21N3/c1-9(2)16(4)12-6-5-11-8-14-7-10(3)13(11)15-12/h5-6,9-10,14H,7-8H2,1-4H3/t10-/m0/s1. The zero-order chi connectivity index (χ0) is 11.7. The normalized spacial score (nSPS) is 19.7. The van der Waals surface area contributed by atoms with Gasteiger partial charge in [-0.2, -0.15) is 0 Å². The number of hydrogen-bond donors (Lipinski definition) is 1. The molecular formula is C13H21N3. The van der Waals surface area contributed by atoms with Crippen LogP contribution in [0.5, 0.6) is 0 Å². The topological polar surface area (TPSA) is 28.2 Å². The molecule has 0 spiro atoms. The van der Waals surface area contributed by atoms with Gasteiger partial charge in [0.15, 0.2) is 0 Å². The van der Waals surface area contributed by atoms with E-state index in [1.165, 1.54) is 11.3 Å². The summed E-state index contributed by atoms with van der Waals surface area (Å²) < 4.78 is 0. The van der Waals surface area contributed by atoms with E-state index in [2.05, 4.69) is 50.2 Å². The van der Waals surface area contributed by atoms with Crippen molar-refractivity contribution in [3.63, 3.8) is 0 Å². The van der Waals surface area contributed by atoms with E-state index in [0.717, 1.165) is 18.9 Å². The lowest BCUT2D eigenvalue weighted by Gasteiger charge is -2.27. The summed E-state index contributed by atoms with van der Waals surface area (Å²) in [6.07, 6.45) is 0. The lowest BCUT2D eigenvalue weighted by Crippen LogP contribution is -2.30. The van der Waals surface area contributed by atoms with Crippen LogP contribution in [0.2, 0.25) is 0 Å². The number of fused-ring (bicyclic) bond motifs is 1. The highest BCUT2D eigenvalue weighted by atomic mass is 15.2. The van der Waals surface area contributed by atoms with E-state index in [9.17, 15) is 0 Å². The second-order valence-electron chi connectivity index (χ2n) is 4.95. The minimum Gasteiger partial charge on any atom is -0.357 e. The molecule has 0 aliphatic carbocycles. The number of aromatic nitrogens is 1. The van der Waals surface area contributed by atoms with E-state index in [4.69, 9.17) is 4.98 Å². The molecular weight excluding hydrogens is 198 g/mol. The van der Waals surface area contributed by atoms with Crippen LogP contribution in [-0.4, -0.2) is 24.6 Å². The molecule has 0 aromatic carbocycles. The molecule has 1 aliphatic rings. The summed E-state index contributed by atoms with van der Waals surface area (Å²) in [6.45, 7) is 8.60. The average molecular weight is 219 g/mol. The van der Waals surface area contributed by atoms with Crippen LogP contribution in [0.3, 0.4) is 0 Å². The molecule has 0 radical (unpaired) electrons. The first kappa shape index (κ1) is 11.4. The fraction of sp³-hybridized carbons (Fsp3) is 0.615. The van der Waals surface area contributed by atoms with E-state index < -0.39 is 0 Å². The van der Waals surface area contributed by atoms with Crippen LogP contribution in [0, 0.1) is 0 Å². The Morgan fingerprint density at radius 3 is 2.88 bits per heavy atom. The maximum Gasteiger partial charge on any atom is 0.128 e. The Morgan fingerprint density at radius 1 is 1.44 bits per heavy atom. The fourth-order valence-corrected chi connectivity index (χ4v) is 2.05. The minimum atomic E-state index is 0.488.